The number of fused-ring (bicyclic) bond motifs is 1. The Morgan fingerprint density at radius 3 is 2.40 bits per heavy atom. The van der Waals surface area contributed by atoms with Crippen LogP contribution in [0.5, 0.6) is 0 Å². The van der Waals surface area contributed by atoms with Gasteiger partial charge in [0.25, 0.3) is 0 Å². The van der Waals surface area contributed by atoms with E-state index in [0.29, 0.717) is 16.4 Å². The third-order valence-electron chi connectivity index (χ3n) is 2.77. The maximum Gasteiger partial charge on any atom is 0.161 e. The summed E-state index contributed by atoms with van der Waals surface area (Å²) in [6.07, 6.45) is 0. The number of hydrogen-bond acceptors (Lipinski definition) is 2. The molecule has 3 rings (SSSR count). The first-order valence-corrected chi connectivity index (χ1v) is 6.38. The van der Waals surface area contributed by atoms with Crippen molar-refractivity contribution >= 4 is 34.1 Å². The van der Waals surface area contributed by atoms with Crippen LogP contribution in [0.2, 0.25) is 10.2 Å². The van der Waals surface area contributed by atoms with E-state index in [2.05, 4.69) is 9.97 Å². The third-order valence-corrected chi connectivity index (χ3v) is 3.30. The van der Waals surface area contributed by atoms with Crippen molar-refractivity contribution < 1.29 is 8.78 Å². The molecule has 2 nitrogen and oxygen atoms in total. The van der Waals surface area contributed by atoms with E-state index in [1.165, 1.54) is 0 Å². The lowest BCUT2D eigenvalue weighted by Crippen LogP contribution is -1.94. The summed E-state index contributed by atoms with van der Waals surface area (Å²) in [5, 5.41) is 0.841. The molecule has 20 heavy (non-hydrogen) atoms. The zero-order valence-corrected chi connectivity index (χ0v) is 11.4. The van der Waals surface area contributed by atoms with Crippen LogP contribution in [0.3, 0.4) is 0 Å². The number of benzene rings is 2. The van der Waals surface area contributed by atoms with Gasteiger partial charge in [-0.05, 0) is 18.2 Å². The minimum Gasteiger partial charge on any atom is -0.228 e. The summed E-state index contributed by atoms with van der Waals surface area (Å²) in [7, 11) is 0. The van der Waals surface area contributed by atoms with Crippen LogP contribution in [0.15, 0.2) is 36.4 Å². The van der Waals surface area contributed by atoms with Gasteiger partial charge in [-0.15, -0.1) is 0 Å². The van der Waals surface area contributed by atoms with Gasteiger partial charge in [0.1, 0.15) is 5.15 Å². The summed E-state index contributed by atoms with van der Waals surface area (Å²) < 4.78 is 26.5. The Morgan fingerprint density at radius 1 is 0.900 bits per heavy atom. The Balaban J connectivity index is 2.26. The van der Waals surface area contributed by atoms with Crippen molar-refractivity contribution in [2.75, 3.05) is 0 Å². The minimum absolute atomic E-state index is 0.0591. The second-order valence-electron chi connectivity index (χ2n) is 4.13. The molecule has 0 aliphatic rings. The molecule has 0 spiro atoms. The van der Waals surface area contributed by atoms with Crippen molar-refractivity contribution in [2.24, 2.45) is 0 Å². The SMILES string of the molecule is Fc1cc2nc(-c3cccc(Cl)c3)nc(Cl)c2cc1F. The fourth-order valence-electron chi connectivity index (χ4n) is 1.84. The van der Waals surface area contributed by atoms with E-state index in [9.17, 15) is 8.78 Å². The van der Waals surface area contributed by atoms with Gasteiger partial charge in [-0.25, -0.2) is 18.7 Å². The summed E-state index contributed by atoms with van der Waals surface area (Å²) in [5.41, 5.74) is 0.880. The number of aromatic nitrogens is 2. The normalized spacial score (nSPS) is 11.0. The van der Waals surface area contributed by atoms with Gasteiger partial charge < -0.3 is 0 Å². The largest absolute Gasteiger partial charge is 0.228 e. The maximum absolute atomic E-state index is 13.3. The van der Waals surface area contributed by atoms with Gasteiger partial charge in [0.2, 0.25) is 0 Å². The first kappa shape index (κ1) is 13.2. The number of nitrogens with zero attached hydrogens (tertiary/aromatic N) is 2. The molecule has 2 aromatic carbocycles. The van der Waals surface area contributed by atoms with Crippen molar-refractivity contribution in [3.05, 3.63) is 58.2 Å². The van der Waals surface area contributed by atoms with Crippen molar-refractivity contribution in [1.82, 2.24) is 9.97 Å². The zero-order chi connectivity index (χ0) is 14.3. The summed E-state index contributed by atoms with van der Waals surface area (Å²) in [4.78, 5) is 8.28. The number of hydrogen-bond donors (Lipinski definition) is 0. The zero-order valence-electron chi connectivity index (χ0n) is 9.87. The molecule has 0 aliphatic heterocycles. The molecule has 0 saturated carbocycles. The Kier molecular flexibility index (Phi) is 3.28. The Labute approximate surface area is 123 Å². The van der Waals surface area contributed by atoms with Gasteiger partial charge in [0.05, 0.1) is 5.52 Å². The fourth-order valence-corrected chi connectivity index (χ4v) is 2.26. The molecule has 100 valence electrons. The molecule has 0 saturated heterocycles. The van der Waals surface area contributed by atoms with Gasteiger partial charge in [0.15, 0.2) is 17.5 Å². The molecule has 3 aromatic rings. The molecule has 0 aliphatic carbocycles. The van der Waals surface area contributed by atoms with E-state index in [1.54, 1.807) is 24.3 Å². The molecule has 0 amide bonds. The van der Waals surface area contributed by atoms with Gasteiger partial charge >= 0.3 is 0 Å². The summed E-state index contributed by atoms with van der Waals surface area (Å²) in [6.45, 7) is 0. The average molecular weight is 311 g/mol. The fraction of sp³-hybridized carbons (Fsp3) is 0. The van der Waals surface area contributed by atoms with Crippen LogP contribution in [-0.4, -0.2) is 9.97 Å². The van der Waals surface area contributed by atoms with Crippen LogP contribution in [0, 0.1) is 11.6 Å². The third kappa shape index (κ3) is 2.32. The predicted molar refractivity (Wildman–Crippen MR) is 74.9 cm³/mol. The molecule has 0 N–H and O–H groups in total. The van der Waals surface area contributed by atoms with Crippen LogP contribution in [0.4, 0.5) is 8.78 Å². The smallest absolute Gasteiger partial charge is 0.161 e. The lowest BCUT2D eigenvalue weighted by molar-refractivity contribution is 0.510. The average Bonchev–Trinajstić information content (AvgIpc) is 2.41. The Morgan fingerprint density at radius 2 is 1.65 bits per heavy atom. The first-order valence-electron chi connectivity index (χ1n) is 5.63. The highest BCUT2D eigenvalue weighted by Gasteiger charge is 2.12. The molecular weight excluding hydrogens is 305 g/mol. The van der Waals surface area contributed by atoms with Crippen molar-refractivity contribution in [2.45, 2.75) is 0 Å². The Bertz CT molecular complexity index is 822. The van der Waals surface area contributed by atoms with Gasteiger partial charge in [0, 0.05) is 22.0 Å². The first-order chi connectivity index (χ1) is 9.54. The topological polar surface area (TPSA) is 25.8 Å². The van der Waals surface area contributed by atoms with Crippen LogP contribution in [0.25, 0.3) is 22.3 Å². The number of rotatable bonds is 1. The van der Waals surface area contributed by atoms with Crippen molar-refractivity contribution in [3.63, 3.8) is 0 Å². The molecule has 0 atom stereocenters. The highest BCUT2D eigenvalue weighted by Crippen LogP contribution is 2.27. The van der Waals surface area contributed by atoms with Crippen LogP contribution >= 0.6 is 23.2 Å². The molecule has 1 heterocycles. The molecule has 1 aromatic heterocycles. The standard InChI is InChI=1S/C14H6Cl2F2N2/c15-8-3-1-2-7(4-8)14-19-12-6-11(18)10(17)5-9(12)13(16)20-14/h1-6H. The summed E-state index contributed by atoms with van der Waals surface area (Å²) in [6, 6.07) is 8.84. The monoisotopic (exact) mass is 310 g/mol. The van der Waals surface area contributed by atoms with E-state index in [0.717, 1.165) is 12.1 Å². The molecular formula is C14H6Cl2F2N2. The van der Waals surface area contributed by atoms with Crippen LogP contribution in [0.1, 0.15) is 0 Å². The molecule has 6 heteroatoms. The summed E-state index contributed by atoms with van der Waals surface area (Å²) in [5.74, 6) is -1.67. The van der Waals surface area contributed by atoms with E-state index in [1.807, 2.05) is 0 Å². The molecule has 0 unspecified atom stereocenters. The van der Waals surface area contributed by atoms with Crippen LogP contribution < -0.4 is 0 Å². The lowest BCUT2D eigenvalue weighted by atomic mass is 10.2. The Hall–Kier alpha value is -1.78. The van der Waals surface area contributed by atoms with E-state index in [4.69, 9.17) is 23.2 Å². The summed E-state index contributed by atoms with van der Waals surface area (Å²) >= 11 is 11.9. The van der Waals surface area contributed by atoms with Gasteiger partial charge in [-0.3, -0.25) is 0 Å². The van der Waals surface area contributed by atoms with E-state index >= 15 is 0 Å². The number of halogens is 4. The van der Waals surface area contributed by atoms with E-state index < -0.39 is 11.6 Å². The second kappa shape index (κ2) is 4.96. The predicted octanol–water partition coefficient (Wildman–Crippen LogP) is 4.88. The van der Waals surface area contributed by atoms with Crippen LogP contribution in [-0.2, 0) is 0 Å². The lowest BCUT2D eigenvalue weighted by Gasteiger charge is -2.05. The highest BCUT2D eigenvalue weighted by atomic mass is 35.5. The molecule has 0 radical (unpaired) electrons. The van der Waals surface area contributed by atoms with E-state index in [-0.39, 0.29) is 16.1 Å². The molecule has 0 fully saturated rings. The van der Waals surface area contributed by atoms with Crippen molar-refractivity contribution in [1.29, 1.82) is 0 Å². The van der Waals surface area contributed by atoms with Gasteiger partial charge in [-0.1, -0.05) is 35.3 Å². The quantitative estimate of drug-likeness (QED) is 0.598. The van der Waals surface area contributed by atoms with Gasteiger partial charge in [-0.2, -0.15) is 0 Å². The van der Waals surface area contributed by atoms with Crippen molar-refractivity contribution in [3.8, 4) is 11.4 Å². The second-order valence-corrected chi connectivity index (χ2v) is 4.93. The maximum atomic E-state index is 13.3. The molecule has 0 bridgehead atoms. The highest BCUT2D eigenvalue weighted by molar-refractivity contribution is 6.34. The minimum atomic E-state index is -0.987.